The van der Waals surface area contributed by atoms with Crippen LogP contribution in [0.4, 0.5) is 0 Å². The highest BCUT2D eigenvalue weighted by Gasteiger charge is 2.28. The minimum atomic E-state index is -0.0256. The smallest absolute Gasteiger partial charge is 0.267 e. The van der Waals surface area contributed by atoms with Crippen molar-refractivity contribution in [3.8, 4) is 33.2 Å². The summed E-state index contributed by atoms with van der Waals surface area (Å²) in [5.74, 6) is 2.39. The fraction of sp³-hybridized carbons (Fsp3) is 0.423. The molecule has 0 fully saturated rings. The molecule has 4 rings (SSSR count). The van der Waals surface area contributed by atoms with Crippen LogP contribution in [-0.4, -0.2) is 42.7 Å². The van der Waals surface area contributed by atoms with Crippen molar-refractivity contribution >= 4 is 29.0 Å². The van der Waals surface area contributed by atoms with E-state index in [1.165, 1.54) is 5.56 Å². The molecule has 0 saturated heterocycles. The molecule has 33 heavy (non-hydrogen) atoms. The number of thiophene rings is 1. The Bertz CT molecular complexity index is 1130. The summed E-state index contributed by atoms with van der Waals surface area (Å²) in [4.78, 5) is 14.4. The van der Waals surface area contributed by atoms with Crippen molar-refractivity contribution in [1.82, 2.24) is 9.88 Å². The third-order valence-electron chi connectivity index (χ3n) is 5.69. The Morgan fingerprint density at radius 2 is 2.03 bits per heavy atom. The molecule has 1 N–H and O–H groups in total. The normalized spacial score (nSPS) is 12.8. The van der Waals surface area contributed by atoms with Crippen LogP contribution in [-0.2, 0) is 13.0 Å². The summed E-state index contributed by atoms with van der Waals surface area (Å²) in [7, 11) is 1.68. The van der Waals surface area contributed by atoms with E-state index in [9.17, 15) is 4.79 Å². The van der Waals surface area contributed by atoms with Gasteiger partial charge in [0.05, 0.1) is 19.4 Å². The van der Waals surface area contributed by atoms with Crippen LogP contribution < -0.4 is 14.8 Å². The number of hydrogen-bond acceptors (Lipinski definition) is 5. The number of ether oxygens (including phenoxy) is 2. The van der Waals surface area contributed by atoms with Gasteiger partial charge in [-0.3, -0.25) is 4.79 Å². The molecule has 0 atom stereocenters. The van der Waals surface area contributed by atoms with Crippen molar-refractivity contribution in [2.24, 2.45) is 5.41 Å². The molecular formula is C26H32N2O3S2. The summed E-state index contributed by atoms with van der Waals surface area (Å²) >= 11 is 3.44. The molecule has 7 heteroatoms. The fourth-order valence-corrected chi connectivity index (χ4v) is 5.08. The van der Waals surface area contributed by atoms with Gasteiger partial charge in [0.25, 0.3) is 5.91 Å². The predicted octanol–water partition coefficient (Wildman–Crippen LogP) is 5.97. The zero-order valence-electron chi connectivity index (χ0n) is 20.0. The zero-order valence-corrected chi connectivity index (χ0v) is 21.6. The van der Waals surface area contributed by atoms with Gasteiger partial charge in [-0.15, -0.1) is 11.3 Å². The van der Waals surface area contributed by atoms with E-state index in [0.29, 0.717) is 18.8 Å². The lowest BCUT2D eigenvalue weighted by molar-refractivity contribution is 0.0930. The van der Waals surface area contributed by atoms with Crippen LogP contribution in [0, 0.1) is 5.41 Å². The number of methoxy groups -OCH3 is 1. The summed E-state index contributed by atoms with van der Waals surface area (Å²) in [6, 6.07) is 10.4. The molecule has 1 amide bonds. The molecule has 1 aliphatic heterocycles. The molecule has 0 saturated carbocycles. The second kappa shape index (κ2) is 9.85. The number of aryl methyl sites for hydroxylation is 1. The SMILES string of the molecule is COc1cc2c(cc1OCCSC)-c1c(-c3cccs3)cc(C(=O)NCC(C)(C)C)n1CC2. The van der Waals surface area contributed by atoms with Crippen molar-refractivity contribution in [3.63, 3.8) is 0 Å². The number of nitrogens with one attached hydrogen (secondary N) is 1. The quantitative estimate of drug-likeness (QED) is 0.401. The Morgan fingerprint density at radius 3 is 2.70 bits per heavy atom. The second-order valence-corrected chi connectivity index (χ2v) is 11.3. The van der Waals surface area contributed by atoms with E-state index in [0.717, 1.165) is 51.9 Å². The lowest BCUT2D eigenvalue weighted by Crippen LogP contribution is -2.33. The number of carbonyl (C=O) groups is 1. The molecule has 0 radical (unpaired) electrons. The lowest BCUT2D eigenvalue weighted by Gasteiger charge is -2.25. The first-order valence-electron chi connectivity index (χ1n) is 11.2. The minimum absolute atomic E-state index is 0.0235. The fourth-order valence-electron chi connectivity index (χ4n) is 4.08. The maximum absolute atomic E-state index is 13.2. The number of amides is 1. The van der Waals surface area contributed by atoms with Crippen LogP contribution in [0.5, 0.6) is 11.5 Å². The Hall–Kier alpha value is -2.38. The largest absolute Gasteiger partial charge is 0.493 e. The molecule has 1 aromatic carbocycles. The number of rotatable bonds is 8. The van der Waals surface area contributed by atoms with Crippen LogP contribution in [0.3, 0.4) is 0 Å². The van der Waals surface area contributed by atoms with Gasteiger partial charge >= 0.3 is 0 Å². The highest BCUT2D eigenvalue weighted by molar-refractivity contribution is 7.98. The number of hydrogen-bond donors (Lipinski definition) is 1. The topological polar surface area (TPSA) is 52.5 Å². The highest BCUT2D eigenvalue weighted by Crippen LogP contribution is 2.45. The van der Waals surface area contributed by atoms with Crippen LogP contribution >= 0.6 is 23.1 Å². The molecule has 0 bridgehead atoms. The third-order valence-corrected chi connectivity index (χ3v) is 7.17. The van der Waals surface area contributed by atoms with Gasteiger partial charge in [0.2, 0.25) is 0 Å². The summed E-state index contributed by atoms with van der Waals surface area (Å²) in [6.45, 7) is 8.37. The van der Waals surface area contributed by atoms with E-state index in [-0.39, 0.29) is 11.3 Å². The molecule has 5 nitrogen and oxygen atoms in total. The Labute approximate surface area is 204 Å². The zero-order chi connectivity index (χ0) is 23.6. The van der Waals surface area contributed by atoms with E-state index in [1.54, 1.807) is 30.2 Å². The molecular weight excluding hydrogens is 452 g/mol. The van der Waals surface area contributed by atoms with Crippen molar-refractivity contribution in [2.75, 3.05) is 32.3 Å². The summed E-state index contributed by atoms with van der Waals surface area (Å²) in [6.07, 6.45) is 2.90. The predicted molar refractivity (Wildman–Crippen MR) is 139 cm³/mol. The number of nitrogens with zero attached hydrogens (tertiary/aromatic N) is 1. The Kier molecular flexibility index (Phi) is 7.10. The maximum atomic E-state index is 13.2. The average molecular weight is 485 g/mol. The van der Waals surface area contributed by atoms with Gasteiger partial charge in [-0.25, -0.2) is 0 Å². The number of aromatic nitrogens is 1. The Balaban J connectivity index is 1.81. The number of fused-ring (bicyclic) bond motifs is 3. The molecule has 1 aliphatic rings. The van der Waals surface area contributed by atoms with Gasteiger partial charge in [-0.2, -0.15) is 11.8 Å². The van der Waals surface area contributed by atoms with Crippen LogP contribution in [0.25, 0.3) is 21.7 Å². The Morgan fingerprint density at radius 1 is 1.21 bits per heavy atom. The van der Waals surface area contributed by atoms with E-state index in [1.807, 2.05) is 6.07 Å². The van der Waals surface area contributed by atoms with Gasteiger partial charge < -0.3 is 19.4 Å². The number of thioether (sulfide) groups is 1. The van der Waals surface area contributed by atoms with Crippen molar-refractivity contribution in [2.45, 2.75) is 33.7 Å². The molecule has 0 aliphatic carbocycles. The number of carbonyl (C=O) groups excluding carboxylic acids is 1. The van der Waals surface area contributed by atoms with E-state index >= 15 is 0 Å². The molecule has 3 aromatic rings. The lowest BCUT2D eigenvalue weighted by atomic mass is 9.95. The van der Waals surface area contributed by atoms with Gasteiger partial charge in [0.1, 0.15) is 5.69 Å². The average Bonchev–Trinajstić information content (AvgIpc) is 3.44. The second-order valence-electron chi connectivity index (χ2n) is 9.42. The standard InChI is InChI=1S/C26H32N2O3S2/c1-26(2,3)16-27-25(29)20-14-19(23-7-6-11-33-23)24-18-15-22(31-10-12-32-5)21(30-4)13-17(18)8-9-28(20)24/h6-7,11,13-15H,8-10,12,16H2,1-5H3,(H,27,29). The van der Waals surface area contributed by atoms with E-state index < -0.39 is 0 Å². The monoisotopic (exact) mass is 484 g/mol. The molecule has 0 spiro atoms. The summed E-state index contributed by atoms with van der Waals surface area (Å²) < 4.78 is 13.9. The van der Waals surface area contributed by atoms with Crippen LogP contribution in [0.15, 0.2) is 35.7 Å². The summed E-state index contributed by atoms with van der Waals surface area (Å²) in [5, 5.41) is 5.21. The molecule has 3 heterocycles. The van der Waals surface area contributed by atoms with Crippen molar-refractivity contribution < 1.29 is 14.3 Å². The molecule has 0 unspecified atom stereocenters. The van der Waals surface area contributed by atoms with E-state index in [2.05, 4.69) is 66.6 Å². The van der Waals surface area contributed by atoms with Crippen LogP contribution in [0.2, 0.25) is 0 Å². The van der Waals surface area contributed by atoms with Gasteiger partial charge in [0, 0.05) is 34.8 Å². The van der Waals surface area contributed by atoms with Crippen molar-refractivity contribution in [1.29, 1.82) is 0 Å². The summed E-state index contributed by atoms with van der Waals surface area (Å²) in [5.41, 5.74) is 5.23. The minimum Gasteiger partial charge on any atom is -0.493 e. The third kappa shape index (κ3) is 5.09. The maximum Gasteiger partial charge on any atom is 0.267 e. The molecule has 176 valence electrons. The van der Waals surface area contributed by atoms with Crippen LogP contribution in [0.1, 0.15) is 36.8 Å². The first-order chi connectivity index (χ1) is 15.8. The first kappa shape index (κ1) is 23.8. The van der Waals surface area contributed by atoms with Gasteiger partial charge in [-0.1, -0.05) is 26.8 Å². The van der Waals surface area contributed by atoms with Crippen molar-refractivity contribution in [3.05, 3.63) is 47.0 Å². The van der Waals surface area contributed by atoms with Gasteiger partial charge in [-0.05, 0) is 53.3 Å². The highest BCUT2D eigenvalue weighted by atomic mass is 32.2. The van der Waals surface area contributed by atoms with E-state index in [4.69, 9.17) is 9.47 Å². The number of benzene rings is 1. The molecule has 2 aromatic heterocycles. The first-order valence-corrected chi connectivity index (χ1v) is 13.5. The van der Waals surface area contributed by atoms with Gasteiger partial charge in [0.15, 0.2) is 11.5 Å².